The largest absolute Gasteiger partial charge is 0.466 e. The lowest BCUT2D eigenvalue weighted by atomic mass is 10.2. The van der Waals surface area contributed by atoms with Gasteiger partial charge in [0.05, 0.1) is 7.11 Å². The standard InChI is InChI=1S/C11H20N2O2/c1-4-13-8-7-12(9-10(13)2)6-5-11(14)15-3/h5-6,10H,4,7-9H2,1-3H3. The number of nitrogens with zero attached hydrogens (tertiary/aromatic N) is 2. The van der Waals surface area contributed by atoms with E-state index < -0.39 is 0 Å². The second-order valence-corrected chi connectivity index (χ2v) is 3.81. The molecule has 1 atom stereocenters. The van der Waals surface area contributed by atoms with Crippen LogP contribution in [0.1, 0.15) is 13.8 Å². The van der Waals surface area contributed by atoms with Crippen molar-refractivity contribution in [3.8, 4) is 0 Å². The van der Waals surface area contributed by atoms with E-state index in [-0.39, 0.29) is 5.97 Å². The molecule has 0 aromatic heterocycles. The number of methoxy groups -OCH3 is 1. The van der Waals surface area contributed by atoms with Crippen LogP contribution in [0.4, 0.5) is 0 Å². The van der Waals surface area contributed by atoms with Crippen molar-refractivity contribution in [3.05, 3.63) is 12.3 Å². The first-order valence-electron chi connectivity index (χ1n) is 5.41. The summed E-state index contributed by atoms with van der Waals surface area (Å²) in [7, 11) is 1.39. The fraction of sp³-hybridized carbons (Fsp3) is 0.727. The Morgan fingerprint density at radius 3 is 2.80 bits per heavy atom. The number of carbonyl (C=O) groups is 1. The zero-order chi connectivity index (χ0) is 11.3. The molecular formula is C11H20N2O2. The van der Waals surface area contributed by atoms with Gasteiger partial charge in [0.1, 0.15) is 0 Å². The van der Waals surface area contributed by atoms with Crippen molar-refractivity contribution in [1.82, 2.24) is 9.80 Å². The van der Waals surface area contributed by atoms with Crippen LogP contribution < -0.4 is 0 Å². The van der Waals surface area contributed by atoms with Crippen LogP contribution in [0.15, 0.2) is 12.3 Å². The predicted octanol–water partition coefficient (Wildman–Crippen LogP) is 0.699. The summed E-state index contributed by atoms with van der Waals surface area (Å²) in [6.07, 6.45) is 3.31. The molecule has 0 aliphatic carbocycles. The van der Waals surface area contributed by atoms with Crippen LogP contribution in [0.3, 0.4) is 0 Å². The van der Waals surface area contributed by atoms with Gasteiger partial charge in [-0.3, -0.25) is 4.90 Å². The molecular weight excluding hydrogens is 192 g/mol. The van der Waals surface area contributed by atoms with Crippen LogP contribution in [-0.4, -0.2) is 55.1 Å². The zero-order valence-electron chi connectivity index (χ0n) is 9.77. The molecule has 0 N–H and O–H groups in total. The highest BCUT2D eigenvalue weighted by molar-refractivity contribution is 5.81. The van der Waals surface area contributed by atoms with Gasteiger partial charge in [0, 0.05) is 38.0 Å². The lowest BCUT2D eigenvalue weighted by molar-refractivity contribution is -0.134. The van der Waals surface area contributed by atoms with Gasteiger partial charge < -0.3 is 9.64 Å². The molecule has 1 saturated heterocycles. The maximum absolute atomic E-state index is 10.9. The third kappa shape index (κ3) is 3.55. The smallest absolute Gasteiger partial charge is 0.331 e. The minimum atomic E-state index is -0.291. The first-order chi connectivity index (χ1) is 7.17. The zero-order valence-corrected chi connectivity index (χ0v) is 9.77. The molecule has 0 spiro atoms. The summed E-state index contributed by atoms with van der Waals surface area (Å²) >= 11 is 0. The van der Waals surface area contributed by atoms with E-state index in [0.717, 1.165) is 26.2 Å². The number of carbonyl (C=O) groups excluding carboxylic acids is 1. The molecule has 0 saturated carbocycles. The minimum Gasteiger partial charge on any atom is -0.466 e. The minimum absolute atomic E-state index is 0.291. The Labute approximate surface area is 91.5 Å². The van der Waals surface area contributed by atoms with E-state index in [1.807, 2.05) is 6.20 Å². The number of piperazine rings is 1. The van der Waals surface area contributed by atoms with E-state index in [1.165, 1.54) is 13.2 Å². The molecule has 1 rings (SSSR count). The Morgan fingerprint density at radius 2 is 2.27 bits per heavy atom. The van der Waals surface area contributed by atoms with Gasteiger partial charge in [-0.25, -0.2) is 4.79 Å². The van der Waals surface area contributed by atoms with E-state index in [4.69, 9.17) is 0 Å². The molecule has 15 heavy (non-hydrogen) atoms. The highest BCUT2D eigenvalue weighted by Crippen LogP contribution is 2.08. The van der Waals surface area contributed by atoms with Crippen molar-refractivity contribution in [2.24, 2.45) is 0 Å². The van der Waals surface area contributed by atoms with Gasteiger partial charge in [-0.15, -0.1) is 0 Å². The second-order valence-electron chi connectivity index (χ2n) is 3.81. The molecule has 1 aliphatic rings. The van der Waals surface area contributed by atoms with Crippen molar-refractivity contribution < 1.29 is 9.53 Å². The average molecular weight is 212 g/mol. The van der Waals surface area contributed by atoms with Gasteiger partial charge in [-0.1, -0.05) is 6.92 Å². The van der Waals surface area contributed by atoms with E-state index >= 15 is 0 Å². The molecule has 0 amide bonds. The lowest BCUT2D eigenvalue weighted by Crippen LogP contribution is -2.49. The third-order valence-electron chi connectivity index (χ3n) is 2.83. The molecule has 0 bridgehead atoms. The molecule has 4 heteroatoms. The predicted molar refractivity (Wildman–Crippen MR) is 59.4 cm³/mol. The topological polar surface area (TPSA) is 32.8 Å². The Kier molecular flexibility index (Phi) is 4.62. The van der Waals surface area contributed by atoms with Crippen molar-refractivity contribution in [1.29, 1.82) is 0 Å². The molecule has 1 unspecified atom stereocenters. The molecule has 4 nitrogen and oxygen atoms in total. The maximum atomic E-state index is 10.9. The van der Waals surface area contributed by atoms with Crippen LogP contribution in [0.2, 0.25) is 0 Å². The summed E-state index contributed by atoms with van der Waals surface area (Å²) in [6, 6.07) is 0.547. The van der Waals surface area contributed by atoms with Crippen LogP contribution in [0.5, 0.6) is 0 Å². The lowest BCUT2D eigenvalue weighted by Gasteiger charge is -2.38. The Bertz CT molecular complexity index is 241. The average Bonchev–Trinajstić information content (AvgIpc) is 2.26. The normalized spacial score (nSPS) is 23.4. The first-order valence-corrected chi connectivity index (χ1v) is 5.41. The molecule has 86 valence electrons. The van der Waals surface area contributed by atoms with Gasteiger partial charge in [0.25, 0.3) is 0 Å². The molecule has 1 aliphatic heterocycles. The van der Waals surface area contributed by atoms with E-state index in [9.17, 15) is 4.79 Å². The third-order valence-corrected chi connectivity index (χ3v) is 2.83. The molecule has 1 heterocycles. The molecule has 1 fully saturated rings. The van der Waals surface area contributed by atoms with Gasteiger partial charge in [-0.05, 0) is 13.5 Å². The molecule has 0 aromatic carbocycles. The van der Waals surface area contributed by atoms with Gasteiger partial charge >= 0.3 is 5.97 Å². The van der Waals surface area contributed by atoms with Crippen LogP contribution in [0, 0.1) is 0 Å². The summed E-state index contributed by atoms with van der Waals surface area (Å²) in [5.74, 6) is -0.291. The fourth-order valence-electron chi connectivity index (χ4n) is 1.86. The molecule has 0 aromatic rings. The van der Waals surface area contributed by atoms with E-state index in [0.29, 0.717) is 6.04 Å². The van der Waals surface area contributed by atoms with Gasteiger partial charge in [-0.2, -0.15) is 0 Å². The Balaban J connectivity index is 2.41. The molecule has 0 radical (unpaired) electrons. The second kappa shape index (κ2) is 5.75. The monoisotopic (exact) mass is 212 g/mol. The number of hydrogen-bond donors (Lipinski definition) is 0. The van der Waals surface area contributed by atoms with E-state index in [2.05, 4.69) is 28.4 Å². The Hall–Kier alpha value is -1.03. The number of hydrogen-bond acceptors (Lipinski definition) is 4. The van der Waals surface area contributed by atoms with Crippen LogP contribution >= 0.6 is 0 Å². The van der Waals surface area contributed by atoms with Crippen molar-refractivity contribution in [2.45, 2.75) is 19.9 Å². The summed E-state index contributed by atoms with van der Waals surface area (Å²) in [4.78, 5) is 15.5. The highest BCUT2D eigenvalue weighted by Gasteiger charge is 2.19. The number of ether oxygens (including phenoxy) is 1. The summed E-state index contributed by atoms with van der Waals surface area (Å²) in [5.41, 5.74) is 0. The SMILES string of the molecule is CCN1CCN(C=CC(=O)OC)CC1C. The number of rotatable bonds is 3. The number of esters is 1. The number of likely N-dealkylation sites (N-methyl/N-ethyl adjacent to an activating group) is 1. The van der Waals surface area contributed by atoms with Gasteiger partial charge in [0.15, 0.2) is 0 Å². The summed E-state index contributed by atoms with van der Waals surface area (Å²) in [5, 5.41) is 0. The van der Waals surface area contributed by atoms with Crippen molar-refractivity contribution in [2.75, 3.05) is 33.3 Å². The quantitative estimate of drug-likeness (QED) is 0.509. The maximum Gasteiger partial charge on any atom is 0.331 e. The Morgan fingerprint density at radius 1 is 1.53 bits per heavy atom. The fourth-order valence-corrected chi connectivity index (χ4v) is 1.86. The first kappa shape index (κ1) is 12.0. The van der Waals surface area contributed by atoms with E-state index in [1.54, 1.807) is 0 Å². The van der Waals surface area contributed by atoms with Crippen LogP contribution in [0.25, 0.3) is 0 Å². The summed E-state index contributed by atoms with van der Waals surface area (Å²) < 4.78 is 4.55. The highest BCUT2D eigenvalue weighted by atomic mass is 16.5. The van der Waals surface area contributed by atoms with Crippen molar-refractivity contribution >= 4 is 5.97 Å². The summed E-state index contributed by atoms with van der Waals surface area (Å²) in [6.45, 7) is 8.49. The van der Waals surface area contributed by atoms with Gasteiger partial charge in [0.2, 0.25) is 0 Å². The van der Waals surface area contributed by atoms with Crippen molar-refractivity contribution in [3.63, 3.8) is 0 Å². The van der Waals surface area contributed by atoms with Crippen LogP contribution in [-0.2, 0) is 9.53 Å².